The van der Waals surface area contributed by atoms with Crippen molar-refractivity contribution in [1.29, 1.82) is 0 Å². The van der Waals surface area contributed by atoms with Gasteiger partial charge in [0, 0.05) is 23.7 Å². The van der Waals surface area contributed by atoms with Crippen LogP contribution < -0.4 is 10.6 Å². The summed E-state index contributed by atoms with van der Waals surface area (Å²) >= 11 is 0. The molecule has 1 amide bonds. The van der Waals surface area contributed by atoms with Crippen LogP contribution in [0.2, 0.25) is 0 Å². The molecular weight excluding hydrogens is 300 g/mol. The number of rotatable bonds is 5. The highest BCUT2D eigenvalue weighted by Crippen LogP contribution is 2.23. The normalized spacial score (nSPS) is 14.8. The molecule has 0 radical (unpaired) electrons. The van der Waals surface area contributed by atoms with E-state index >= 15 is 0 Å². The number of carbonyl (C=O) groups excluding carboxylic acids is 1. The van der Waals surface area contributed by atoms with E-state index in [2.05, 4.69) is 20.6 Å². The van der Waals surface area contributed by atoms with Crippen LogP contribution in [0.4, 0.5) is 5.82 Å². The molecule has 1 aliphatic carbocycles. The number of nitrogens with zero attached hydrogens (tertiary/aromatic N) is 2. The molecule has 2 aromatic rings. The van der Waals surface area contributed by atoms with Gasteiger partial charge in [0.1, 0.15) is 11.5 Å². The number of carbonyl (C=O) groups is 1. The zero-order valence-corrected chi connectivity index (χ0v) is 14.2. The fourth-order valence-corrected chi connectivity index (χ4v) is 2.97. The van der Waals surface area contributed by atoms with Gasteiger partial charge in [-0.3, -0.25) is 4.79 Å². The third-order valence-corrected chi connectivity index (χ3v) is 4.12. The van der Waals surface area contributed by atoms with Gasteiger partial charge in [-0.05, 0) is 26.7 Å². The smallest absolute Gasteiger partial charge is 0.270 e. The number of benzene rings is 1. The van der Waals surface area contributed by atoms with Gasteiger partial charge in [0.05, 0.1) is 0 Å². The Morgan fingerprint density at radius 3 is 2.50 bits per heavy atom. The van der Waals surface area contributed by atoms with Crippen LogP contribution in [-0.2, 0) is 0 Å². The van der Waals surface area contributed by atoms with Crippen LogP contribution >= 0.6 is 0 Å². The van der Waals surface area contributed by atoms with Gasteiger partial charge in [0.15, 0.2) is 5.82 Å². The SMILES string of the molecule is CC(C)NC(=O)c1cc(NC2CCCC2)nc(-c2ccccc2)n1. The minimum Gasteiger partial charge on any atom is -0.367 e. The Kier molecular flexibility index (Phi) is 5.08. The van der Waals surface area contributed by atoms with Gasteiger partial charge in [-0.1, -0.05) is 43.2 Å². The van der Waals surface area contributed by atoms with Gasteiger partial charge in [-0.25, -0.2) is 9.97 Å². The van der Waals surface area contributed by atoms with Crippen LogP contribution in [0.1, 0.15) is 50.0 Å². The number of hydrogen-bond acceptors (Lipinski definition) is 4. The molecule has 5 nitrogen and oxygen atoms in total. The summed E-state index contributed by atoms with van der Waals surface area (Å²) in [5.41, 5.74) is 1.31. The maximum atomic E-state index is 12.4. The molecule has 2 N–H and O–H groups in total. The van der Waals surface area contributed by atoms with Gasteiger partial charge < -0.3 is 10.6 Å². The molecule has 0 aliphatic heterocycles. The first-order valence-electron chi connectivity index (χ1n) is 8.64. The summed E-state index contributed by atoms with van der Waals surface area (Å²) in [5, 5.41) is 6.37. The highest BCUT2D eigenvalue weighted by molar-refractivity contribution is 5.93. The van der Waals surface area contributed by atoms with Crippen molar-refractivity contribution in [3.8, 4) is 11.4 Å². The van der Waals surface area contributed by atoms with Gasteiger partial charge in [-0.2, -0.15) is 0 Å². The lowest BCUT2D eigenvalue weighted by Crippen LogP contribution is -2.31. The van der Waals surface area contributed by atoms with Crippen LogP contribution in [-0.4, -0.2) is 28.0 Å². The molecule has 0 saturated heterocycles. The van der Waals surface area contributed by atoms with E-state index in [1.165, 1.54) is 12.8 Å². The van der Waals surface area contributed by atoms with Crippen molar-refractivity contribution in [1.82, 2.24) is 15.3 Å². The van der Waals surface area contributed by atoms with Crippen molar-refractivity contribution < 1.29 is 4.79 Å². The molecule has 126 valence electrons. The van der Waals surface area contributed by atoms with E-state index < -0.39 is 0 Å². The van der Waals surface area contributed by atoms with E-state index in [1.807, 2.05) is 44.2 Å². The monoisotopic (exact) mass is 324 g/mol. The molecule has 1 heterocycles. The second-order valence-corrected chi connectivity index (χ2v) is 6.58. The Balaban J connectivity index is 1.93. The van der Waals surface area contributed by atoms with Crippen LogP contribution in [0.3, 0.4) is 0 Å². The minimum absolute atomic E-state index is 0.0684. The maximum absolute atomic E-state index is 12.4. The van der Waals surface area contributed by atoms with E-state index in [-0.39, 0.29) is 11.9 Å². The van der Waals surface area contributed by atoms with Gasteiger partial charge in [0.2, 0.25) is 0 Å². The number of aromatic nitrogens is 2. The molecule has 1 fully saturated rings. The zero-order chi connectivity index (χ0) is 16.9. The third-order valence-electron chi connectivity index (χ3n) is 4.12. The molecule has 3 rings (SSSR count). The Labute approximate surface area is 142 Å². The Bertz CT molecular complexity index is 694. The summed E-state index contributed by atoms with van der Waals surface area (Å²) in [6.45, 7) is 3.88. The van der Waals surface area contributed by atoms with Crippen LogP contribution in [0.5, 0.6) is 0 Å². The van der Waals surface area contributed by atoms with Crippen molar-refractivity contribution in [2.24, 2.45) is 0 Å². The predicted octanol–water partition coefficient (Wildman–Crippen LogP) is 3.64. The number of anilines is 1. The minimum atomic E-state index is -0.168. The fourth-order valence-electron chi connectivity index (χ4n) is 2.97. The Morgan fingerprint density at radius 2 is 1.83 bits per heavy atom. The van der Waals surface area contributed by atoms with Gasteiger partial charge >= 0.3 is 0 Å². The average molecular weight is 324 g/mol. The summed E-state index contributed by atoms with van der Waals surface area (Å²) in [5.74, 6) is 1.14. The molecule has 5 heteroatoms. The summed E-state index contributed by atoms with van der Waals surface area (Å²) < 4.78 is 0. The van der Waals surface area contributed by atoms with Crippen molar-refractivity contribution in [3.05, 3.63) is 42.1 Å². The number of nitrogens with one attached hydrogen (secondary N) is 2. The standard InChI is InChI=1S/C19H24N4O/c1-13(2)20-19(24)16-12-17(21-15-10-6-7-11-15)23-18(22-16)14-8-4-3-5-9-14/h3-5,8-9,12-13,15H,6-7,10-11H2,1-2H3,(H,20,24)(H,21,22,23). The Morgan fingerprint density at radius 1 is 1.12 bits per heavy atom. The average Bonchev–Trinajstić information content (AvgIpc) is 3.08. The first kappa shape index (κ1) is 16.4. The molecular formula is C19H24N4O. The molecule has 1 aromatic heterocycles. The summed E-state index contributed by atoms with van der Waals surface area (Å²) in [4.78, 5) is 21.5. The Hall–Kier alpha value is -2.43. The lowest BCUT2D eigenvalue weighted by molar-refractivity contribution is 0.0938. The van der Waals surface area contributed by atoms with Crippen LogP contribution in [0.25, 0.3) is 11.4 Å². The number of amides is 1. The highest BCUT2D eigenvalue weighted by Gasteiger charge is 2.18. The summed E-state index contributed by atoms with van der Waals surface area (Å²) in [6, 6.07) is 12.0. The van der Waals surface area contributed by atoms with Crippen molar-refractivity contribution in [2.45, 2.75) is 51.6 Å². The van der Waals surface area contributed by atoms with E-state index in [9.17, 15) is 4.79 Å². The van der Waals surface area contributed by atoms with E-state index in [1.54, 1.807) is 6.07 Å². The van der Waals surface area contributed by atoms with Crippen molar-refractivity contribution in [3.63, 3.8) is 0 Å². The molecule has 0 bridgehead atoms. The summed E-state index contributed by atoms with van der Waals surface area (Å²) in [6.07, 6.45) is 4.79. The molecule has 24 heavy (non-hydrogen) atoms. The molecule has 0 spiro atoms. The van der Waals surface area contributed by atoms with E-state index in [0.29, 0.717) is 17.6 Å². The lowest BCUT2D eigenvalue weighted by atomic mass is 10.2. The van der Waals surface area contributed by atoms with Crippen LogP contribution in [0.15, 0.2) is 36.4 Å². The van der Waals surface area contributed by atoms with Crippen LogP contribution in [0, 0.1) is 0 Å². The lowest BCUT2D eigenvalue weighted by Gasteiger charge is -2.15. The maximum Gasteiger partial charge on any atom is 0.270 e. The van der Waals surface area contributed by atoms with Gasteiger partial charge in [-0.15, -0.1) is 0 Å². The first-order valence-corrected chi connectivity index (χ1v) is 8.64. The molecule has 1 aromatic carbocycles. The second kappa shape index (κ2) is 7.43. The predicted molar refractivity (Wildman–Crippen MR) is 95.9 cm³/mol. The van der Waals surface area contributed by atoms with Crippen molar-refractivity contribution in [2.75, 3.05) is 5.32 Å². The fraction of sp³-hybridized carbons (Fsp3) is 0.421. The molecule has 0 unspecified atom stereocenters. The topological polar surface area (TPSA) is 66.9 Å². The first-order chi connectivity index (χ1) is 11.6. The number of hydrogen-bond donors (Lipinski definition) is 2. The summed E-state index contributed by atoms with van der Waals surface area (Å²) in [7, 11) is 0. The zero-order valence-electron chi connectivity index (χ0n) is 14.2. The largest absolute Gasteiger partial charge is 0.367 e. The van der Waals surface area contributed by atoms with E-state index in [4.69, 9.17) is 0 Å². The second-order valence-electron chi connectivity index (χ2n) is 6.58. The van der Waals surface area contributed by atoms with Crippen molar-refractivity contribution >= 4 is 11.7 Å². The quantitative estimate of drug-likeness (QED) is 0.881. The molecule has 1 saturated carbocycles. The van der Waals surface area contributed by atoms with Gasteiger partial charge in [0.25, 0.3) is 5.91 Å². The van der Waals surface area contributed by atoms with E-state index in [0.717, 1.165) is 24.2 Å². The molecule has 0 atom stereocenters. The highest BCUT2D eigenvalue weighted by atomic mass is 16.1. The third kappa shape index (κ3) is 4.10. The molecule has 1 aliphatic rings.